The highest BCUT2D eigenvalue weighted by molar-refractivity contribution is 6.32. The zero-order valence-electron chi connectivity index (χ0n) is 10.5. The molecule has 1 amide bonds. The van der Waals surface area contributed by atoms with Gasteiger partial charge in [-0.2, -0.15) is 0 Å². The van der Waals surface area contributed by atoms with E-state index in [2.05, 4.69) is 15.3 Å². The van der Waals surface area contributed by atoms with Gasteiger partial charge < -0.3 is 10.4 Å². The van der Waals surface area contributed by atoms with Gasteiger partial charge in [-0.25, -0.2) is 9.97 Å². The molecule has 1 aromatic heterocycles. The molecular formula is C12H13Cl2N3O3. The number of halogens is 2. The smallest absolute Gasteiger partial charge is 0.307 e. The minimum atomic E-state index is -0.941. The van der Waals surface area contributed by atoms with Gasteiger partial charge in [0.25, 0.3) is 0 Å². The second-order valence-electron chi connectivity index (χ2n) is 4.67. The molecule has 0 unspecified atom stereocenters. The SMILES string of the molecule is O=C(O)[C@H]1CCCC[C@H]1C(=O)Nc1cc(Cl)nc(Cl)n1. The van der Waals surface area contributed by atoms with E-state index in [1.54, 1.807) is 0 Å². The molecule has 1 heterocycles. The normalized spacial score (nSPS) is 22.3. The lowest BCUT2D eigenvalue weighted by atomic mass is 9.79. The first-order chi connectivity index (χ1) is 9.47. The van der Waals surface area contributed by atoms with Gasteiger partial charge in [0.2, 0.25) is 11.2 Å². The van der Waals surface area contributed by atoms with Crippen LogP contribution in [0.1, 0.15) is 25.7 Å². The van der Waals surface area contributed by atoms with E-state index in [9.17, 15) is 9.59 Å². The van der Waals surface area contributed by atoms with E-state index in [1.165, 1.54) is 6.07 Å². The van der Waals surface area contributed by atoms with Gasteiger partial charge in [0.15, 0.2) is 0 Å². The molecule has 20 heavy (non-hydrogen) atoms. The summed E-state index contributed by atoms with van der Waals surface area (Å²) in [4.78, 5) is 30.9. The number of anilines is 1. The molecule has 1 aliphatic carbocycles. The first kappa shape index (κ1) is 15.0. The molecule has 1 fully saturated rings. The number of hydrogen-bond donors (Lipinski definition) is 2. The van der Waals surface area contributed by atoms with Crippen LogP contribution in [-0.4, -0.2) is 27.0 Å². The summed E-state index contributed by atoms with van der Waals surface area (Å²) in [6.07, 6.45) is 2.73. The Morgan fingerprint density at radius 3 is 2.45 bits per heavy atom. The number of carboxylic acid groups (broad SMARTS) is 1. The van der Waals surface area contributed by atoms with Crippen LogP contribution in [0.3, 0.4) is 0 Å². The van der Waals surface area contributed by atoms with Crippen molar-refractivity contribution in [3.05, 3.63) is 16.5 Å². The highest BCUT2D eigenvalue weighted by atomic mass is 35.5. The van der Waals surface area contributed by atoms with E-state index in [0.717, 1.165) is 12.8 Å². The summed E-state index contributed by atoms with van der Waals surface area (Å²) in [5.74, 6) is -2.36. The molecule has 2 atom stereocenters. The monoisotopic (exact) mass is 317 g/mol. The van der Waals surface area contributed by atoms with Crippen LogP contribution in [0.15, 0.2) is 6.07 Å². The summed E-state index contributed by atoms with van der Waals surface area (Å²) in [7, 11) is 0. The van der Waals surface area contributed by atoms with Gasteiger partial charge in [0.05, 0.1) is 11.8 Å². The number of carboxylic acids is 1. The number of rotatable bonds is 3. The number of aliphatic carboxylic acids is 1. The van der Waals surface area contributed by atoms with E-state index in [0.29, 0.717) is 12.8 Å². The largest absolute Gasteiger partial charge is 0.481 e. The number of nitrogens with zero attached hydrogens (tertiary/aromatic N) is 2. The number of hydrogen-bond acceptors (Lipinski definition) is 4. The maximum atomic E-state index is 12.2. The van der Waals surface area contributed by atoms with E-state index in [-0.39, 0.29) is 22.2 Å². The first-order valence-corrected chi connectivity index (χ1v) is 6.96. The van der Waals surface area contributed by atoms with E-state index in [1.807, 2.05) is 0 Å². The Labute approximate surface area is 125 Å². The molecule has 1 aliphatic rings. The molecule has 0 aliphatic heterocycles. The Balaban J connectivity index is 2.11. The van der Waals surface area contributed by atoms with Crippen LogP contribution in [0.25, 0.3) is 0 Å². The van der Waals surface area contributed by atoms with E-state index in [4.69, 9.17) is 28.3 Å². The van der Waals surface area contributed by atoms with Crippen molar-refractivity contribution in [3.8, 4) is 0 Å². The van der Waals surface area contributed by atoms with E-state index < -0.39 is 17.8 Å². The Morgan fingerprint density at radius 1 is 1.20 bits per heavy atom. The van der Waals surface area contributed by atoms with Crippen molar-refractivity contribution in [2.24, 2.45) is 11.8 Å². The Morgan fingerprint density at radius 2 is 1.85 bits per heavy atom. The standard InChI is InChI=1S/C12H13Cl2N3O3/c13-8-5-9(17-12(14)15-8)16-10(18)6-3-1-2-4-7(6)11(19)20/h5-7H,1-4H2,(H,19,20)(H,15,16,17,18)/t6-,7+/m1/s1. The zero-order chi connectivity index (χ0) is 14.7. The Hall–Kier alpha value is -1.40. The highest BCUT2D eigenvalue weighted by Gasteiger charge is 2.35. The molecule has 0 aromatic carbocycles. The first-order valence-electron chi connectivity index (χ1n) is 6.21. The molecule has 2 N–H and O–H groups in total. The van der Waals surface area contributed by atoms with Crippen LogP contribution >= 0.6 is 23.2 Å². The zero-order valence-corrected chi connectivity index (χ0v) is 12.0. The molecular weight excluding hydrogens is 305 g/mol. The number of amides is 1. The minimum Gasteiger partial charge on any atom is -0.481 e. The van der Waals surface area contributed by atoms with Crippen molar-refractivity contribution in [1.82, 2.24) is 9.97 Å². The molecule has 6 nitrogen and oxygen atoms in total. The van der Waals surface area contributed by atoms with Crippen LogP contribution < -0.4 is 5.32 Å². The van der Waals surface area contributed by atoms with Gasteiger partial charge in [-0.3, -0.25) is 9.59 Å². The third-order valence-corrected chi connectivity index (χ3v) is 3.70. The van der Waals surface area contributed by atoms with Crippen molar-refractivity contribution >= 4 is 40.9 Å². The minimum absolute atomic E-state index is 0.0776. The lowest BCUT2D eigenvalue weighted by Gasteiger charge is -2.27. The fourth-order valence-corrected chi connectivity index (χ4v) is 2.82. The summed E-state index contributed by atoms with van der Waals surface area (Å²) >= 11 is 11.4. The maximum absolute atomic E-state index is 12.2. The van der Waals surface area contributed by atoms with Gasteiger partial charge in [-0.1, -0.05) is 24.4 Å². The van der Waals surface area contributed by atoms with Gasteiger partial charge in [0.1, 0.15) is 11.0 Å². The second kappa shape index (κ2) is 6.37. The van der Waals surface area contributed by atoms with Crippen LogP contribution in [0.4, 0.5) is 5.82 Å². The van der Waals surface area contributed by atoms with Gasteiger partial charge in [-0.05, 0) is 24.4 Å². The molecule has 2 rings (SSSR count). The molecule has 1 aromatic rings. The fourth-order valence-electron chi connectivity index (χ4n) is 2.41. The van der Waals surface area contributed by atoms with Crippen molar-refractivity contribution in [2.75, 3.05) is 5.32 Å². The average molecular weight is 318 g/mol. The number of carbonyl (C=O) groups is 2. The molecule has 1 saturated carbocycles. The second-order valence-corrected chi connectivity index (χ2v) is 5.40. The van der Waals surface area contributed by atoms with Crippen LogP contribution in [0.5, 0.6) is 0 Å². The summed E-state index contributed by atoms with van der Waals surface area (Å²) < 4.78 is 0. The van der Waals surface area contributed by atoms with Crippen molar-refractivity contribution in [1.29, 1.82) is 0 Å². The van der Waals surface area contributed by atoms with Gasteiger partial charge >= 0.3 is 5.97 Å². The van der Waals surface area contributed by atoms with Crippen LogP contribution in [0.2, 0.25) is 10.4 Å². The number of aromatic nitrogens is 2. The average Bonchev–Trinajstić information content (AvgIpc) is 2.37. The predicted molar refractivity (Wildman–Crippen MR) is 73.8 cm³/mol. The Bertz CT molecular complexity index is 518. The summed E-state index contributed by atoms with van der Waals surface area (Å²) in [5.41, 5.74) is 0. The van der Waals surface area contributed by atoms with E-state index >= 15 is 0 Å². The Kier molecular flexibility index (Phi) is 4.77. The fraction of sp³-hybridized carbons (Fsp3) is 0.500. The predicted octanol–water partition coefficient (Wildman–Crippen LogP) is 2.61. The number of carbonyl (C=O) groups excluding carboxylic acids is 1. The third-order valence-electron chi connectivity index (χ3n) is 3.34. The quantitative estimate of drug-likeness (QED) is 0.660. The molecule has 0 radical (unpaired) electrons. The van der Waals surface area contributed by atoms with Crippen molar-refractivity contribution in [2.45, 2.75) is 25.7 Å². The lowest BCUT2D eigenvalue weighted by Crippen LogP contribution is -2.36. The summed E-state index contributed by atoms with van der Waals surface area (Å²) in [6.45, 7) is 0. The van der Waals surface area contributed by atoms with Crippen molar-refractivity contribution < 1.29 is 14.7 Å². The topological polar surface area (TPSA) is 92.2 Å². The molecule has 0 spiro atoms. The maximum Gasteiger partial charge on any atom is 0.307 e. The van der Waals surface area contributed by atoms with Gasteiger partial charge in [-0.15, -0.1) is 0 Å². The molecule has 108 valence electrons. The van der Waals surface area contributed by atoms with Crippen LogP contribution in [0, 0.1) is 11.8 Å². The highest BCUT2D eigenvalue weighted by Crippen LogP contribution is 2.31. The lowest BCUT2D eigenvalue weighted by molar-refractivity contribution is -0.147. The third kappa shape index (κ3) is 3.58. The summed E-state index contributed by atoms with van der Waals surface area (Å²) in [5, 5.41) is 11.8. The van der Waals surface area contributed by atoms with Crippen LogP contribution in [-0.2, 0) is 9.59 Å². The number of nitrogens with one attached hydrogen (secondary N) is 1. The summed E-state index contributed by atoms with van der Waals surface area (Å²) in [6, 6.07) is 1.37. The van der Waals surface area contributed by atoms with Crippen molar-refractivity contribution in [3.63, 3.8) is 0 Å². The molecule has 0 bridgehead atoms. The van der Waals surface area contributed by atoms with Gasteiger partial charge in [0, 0.05) is 6.07 Å². The molecule has 0 saturated heterocycles. The molecule has 8 heteroatoms.